The van der Waals surface area contributed by atoms with Gasteiger partial charge in [-0.3, -0.25) is 4.98 Å². The lowest BCUT2D eigenvalue weighted by atomic mass is 10.1. The third-order valence-electron chi connectivity index (χ3n) is 3.47. The quantitative estimate of drug-likeness (QED) is 0.830. The van der Waals surface area contributed by atoms with Crippen LogP contribution in [-0.4, -0.2) is 41.7 Å². The summed E-state index contributed by atoms with van der Waals surface area (Å²) in [6.07, 6.45) is 4.50. The van der Waals surface area contributed by atoms with Crippen LogP contribution in [0.4, 0.5) is 0 Å². The first-order chi connectivity index (χ1) is 9.44. The van der Waals surface area contributed by atoms with Gasteiger partial charge in [0, 0.05) is 36.9 Å². The topological polar surface area (TPSA) is 37.4 Å². The van der Waals surface area contributed by atoms with Crippen molar-refractivity contribution in [2.75, 3.05) is 20.2 Å². The van der Waals surface area contributed by atoms with Gasteiger partial charge in [-0.15, -0.1) is 0 Å². The van der Waals surface area contributed by atoms with Crippen LogP contribution >= 0.6 is 0 Å². The Morgan fingerprint density at radius 2 is 2.15 bits per heavy atom. The summed E-state index contributed by atoms with van der Waals surface area (Å²) in [7, 11) is 2.17. The summed E-state index contributed by atoms with van der Waals surface area (Å²) in [6, 6.07) is 4.75. The van der Waals surface area contributed by atoms with Gasteiger partial charge in [-0.05, 0) is 46.7 Å². The average molecular weight is 277 g/mol. The molecule has 2 rings (SSSR count). The molecule has 0 amide bonds. The van der Waals surface area contributed by atoms with Crippen LogP contribution in [0.25, 0.3) is 0 Å². The predicted octanol–water partition coefficient (Wildman–Crippen LogP) is 2.44. The van der Waals surface area contributed by atoms with E-state index in [1.807, 2.05) is 18.3 Å². The van der Waals surface area contributed by atoms with Crippen LogP contribution in [0.3, 0.4) is 0 Å². The minimum Gasteiger partial charge on any atom is -0.492 e. The van der Waals surface area contributed by atoms with Crippen molar-refractivity contribution in [3.63, 3.8) is 0 Å². The summed E-state index contributed by atoms with van der Waals surface area (Å²) in [5, 5.41) is 3.44. The van der Waals surface area contributed by atoms with E-state index >= 15 is 0 Å². The monoisotopic (exact) mass is 277 g/mol. The SMILES string of the molecule is CN(CCOc1ccnc(CNC(C)(C)C)c1)C1CC1. The van der Waals surface area contributed by atoms with Crippen molar-refractivity contribution < 1.29 is 4.74 Å². The van der Waals surface area contributed by atoms with Crippen molar-refractivity contribution >= 4 is 0 Å². The maximum atomic E-state index is 5.82. The Morgan fingerprint density at radius 1 is 1.40 bits per heavy atom. The van der Waals surface area contributed by atoms with Crippen LogP contribution in [0, 0.1) is 0 Å². The van der Waals surface area contributed by atoms with Crippen LogP contribution in [0.2, 0.25) is 0 Å². The van der Waals surface area contributed by atoms with Gasteiger partial charge in [-0.2, -0.15) is 0 Å². The molecule has 4 nitrogen and oxygen atoms in total. The molecular weight excluding hydrogens is 250 g/mol. The van der Waals surface area contributed by atoms with Gasteiger partial charge in [0.25, 0.3) is 0 Å². The van der Waals surface area contributed by atoms with Crippen molar-refractivity contribution in [1.29, 1.82) is 0 Å². The highest BCUT2D eigenvalue weighted by Gasteiger charge is 2.25. The summed E-state index contributed by atoms with van der Waals surface area (Å²) in [5.74, 6) is 0.912. The molecule has 1 aliphatic rings. The highest BCUT2D eigenvalue weighted by Crippen LogP contribution is 2.24. The van der Waals surface area contributed by atoms with Gasteiger partial charge in [0.2, 0.25) is 0 Å². The molecule has 1 aromatic rings. The van der Waals surface area contributed by atoms with Crippen LogP contribution < -0.4 is 10.1 Å². The van der Waals surface area contributed by atoms with E-state index in [2.05, 4.69) is 43.0 Å². The van der Waals surface area contributed by atoms with Crippen molar-refractivity contribution in [3.8, 4) is 5.75 Å². The van der Waals surface area contributed by atoms with Gasteiger partial charge in [0.05, 0.1) is 5.69 Å². The molecule has 1 saturated carbocycles. The maximum Gasteiger partial charge on any atom is 0.122 e. The molecule has 1 heterocycles. The Bertz CT molecular complexity index is 424. The molecule has 0 saturated heterocycles. The molecule has 0 aliphatic heterocycles. The summed E-state index contributed by atoms with van der Waals surface area (Å²) in [5.41, 5.74) is 1.12. The normalized spacial score (nSPS) is 15.7. The smallest absolute Gasteiger partial charge is 0.122 e. The van der Waals surface area contributed by atoms with E-state index in [1.54, 1.807) is 0 Å². The first kappa shape index (κ1) is 15.3. The van der Waals surface area contributed by atoms with E-state index < -0.39 is 0 Å². The van der Waals surface area contributed by atoms with Gasteiger partial charge >= 0.3 is 0 Å². The number of ether oxygens (including phenoxy) is 1. The largest absolute Gasteiger partial charge is 0.492 e. The number of likely N-dealkylation sites (N-methyl/N-ethyl adjacent to an activating group) is 1. The fraction of sp³-hybridized carbons (Fsp3) is 0.688. The molecular formula is C16H27N3O. The minimum absolute atomic E-state index is 0.103. The fourth-order valence-electron chi connectivity index (χ4n) is 2.00. The number of aromatic nitrogens is 1. The molecule has 4 heteroatoms. The van der Waals surface area contributed by atoms with Crippen molar-refractivity contribution in [3.05, 3.63) is 24.0 Å². The molecule has 0 bridgehead atoms. The number of pyridine rings is 1. The fourth-order valence-corrected chi connectivity index (χ4v) is 2.00. The van der Waals surface area contributed by atoms with Gasteiger partial charge in [0.1, 0.15) is 12.4 Å². The Balaban J connectivity index is 1.76. The first-order valence-electron chi connectivity index (χ1n) is 7.47. The van der Waals surface area contributed by atoms with Crippen LogP contribution in [-0.2, 0) is 6.54 Å². The summed E-state index contributed by atoms with van der Waals surface area (Å²) >= 11 is 0. The average Bonchev–Trinajstić information content (AvgIpc) is 3.20. The predicted molar refractivity (Wildman–Crippen MR) is 82.0 cm³/mol. The molecule has 1 aromatic heterocycles. The Labute approximate surface area is 122 Å². The lowest BCUT2D eigenvalue weighted by molar-refractivity contribution is 0.231. The lowest BCUT2D eigenvalue weighted by Gasteiger charge is -2.20. The molecule has 1 N–H and O–H groups in total. The van der Waals surface area contributed by atoms with E-state index in [-0.39, 0.29) is 5.54 Å². The third kappa shape index (κ3) is 5.47. The van der Waals surface area contributed by atoms with Crippen molar-refractivity contribution in [2.24, 2.45) is 0 Å². The molecule has 0 spiro atoms. The molecule has 0 aromatic carbocycles. The zero-order chi connectivity index (χ0) is 14.6. The molecule has 1 fully saturated rings. The molecule has 0 unspecified atom stereocenters. The van der Waals surface area contributed by atoms with Crippen LogP contribution in [0.1, 0.15) is 39.3 Å². The van der Waals surface area contributed by atoms with E-state index in [9.17, 15) is 0 Å². The van der Waals surface area contributed by atoms with Crippen molar-refractivity contribution in [2.45, 2.75) is 51.7 Å². The minimum atomic E-state index is 0.103. The second kappa shape index (κ2) is 6.55. The van der Waals surface area contributed by atoms with Crippen LogP contribution in [0.15, 0.2) is 18.3 Å². The van der Waals surface area contributed by atoms with E-state index in [4.69, 9.17) is 4.74 Å². The third-order valence-corrected chi connectivity index (χ3v) is 3.47. The summed E-state index contributed by atoms with van der Waals surface area (Å²) in [4.78, 5) is 6.75. The number of nitrogens with zero attached hydrogens (tertiary/aromatic N) is 2. The lowest BCUT2D eigenvalue weighted by Crippen LogP contribution is -2.35. The van der Waals surface area contributed by atoms with Gasteiger partial charge in [-0.25, -0.2) is 0 Å². The summed E-state index contributed by atoms with van der Waals surface area (Å²) in [6.45, 7) is 8.96. The Hall–Kier alpha value is -1.13. The van der Waals surface area contributed by atoms with E-state index in [1.165, 1.54) is 12.8 Å². The standard InChI is InChI=1S/C16H27N3O/c1-16(2,3)18-12-13-11-15(7-8-17-13)20-10-9-19(4)14-5-6-14/h7-8,11,14,18H,5-6,9-10,12H2,1-4H3. The number of rotatable bonds is 7. The van der Waals surface area contributed by atoms with Crippen molar-refractivity contribution in [1.82, 2.24) is 15.2 Å². The second-order valence-corrected chi connectivity index (χ2v) is 6.65. The molecule has 0 atom stereocenters. The Morgan fingerprint density at radius 3 is 2.80 bits per heavy atom. The van der Waals surface area contributed by atoms with Gasteiger partial charge in [0.15, 0.2) is 0 Å². The number of hydrogen-bond acceptors (Lipinski definition) is 4. The van der Waals surface area contributed by atoms with Crippen LogP contribution in [0.5, 0.6) is 5.75 Å². The zero-order valence-corrected chi connectivity index (χ0v) is 13.1. The van der Waals surface area contributed by atoms with Gasteiger partial charge < -0.3 is 15.0 Å². The highest BCUT2D eigenvalue weighted by molar-refractivity contribution is 5.22. The van der Waals surface area contributed by atoms with E-state index in [0.717, 1.165) is 37.2 Å². The second-order valence-electron chi connectivity index (χ2n) is 6.65. The number of hydrogen-bond donors (Lipinski definition) is 1. The highest BCUT2D eigenvalue weighted by atomic mass is 16.5. The zero-order valence-electron chi connectivity index (χ0n) is 13.1. The number of nitrogens with one attached hydrogen (secondary N) is 1. The first-order valence-corrected chi connectivity index (χ1v) is 7.47. The summed E-state index contributed by atoms with van der Waals surface area (Å²) < 4.78 is 5.82. The molecule has 112 valence electrons. The molecule has 20 heavy (non-hydrogen) atoms. The molecule has 1 aliphatic carbocycles. The maximum absolute atomic E-state index is 5.82. The molecule has 0 radical (unpaired) electrons. The van der Waals surface area contributed by atoms with E-state index in [0.29, 0.717) is 0 Å². The Kier molecular flexibility index (Phi) is 5.00. The van der Waals surface area contributed by atoms with Gasteiger partial charge in [-0.1, -0.05) is 0 Å².